The molecule has 9 heteroatoms. The van der Waals surface area contributed by atoms with E-state index in [2.05, 4.69) is 56.9 Å². The summed E-state index contributed by atoms with van der Waals surface area (Å²) in [6.45, 7) is 4.09. The molecule has 0 radical (unpaired) electrons. The first-order chi connectivity index (χ1) is 14.8. The van der Waals surface area contributed by atoms with Crippen molar-refractivity contribution in [2.75, 3.05) is 13.1 Å². The fraction of sp³-hybridized carbons (Fsp3) is 0.227. The second-order valence-electron chi connectivity index (χ2n) is 6.61. The zero-order valence-electron chi connectivity index (χ0n) is 17.2. The smallest absolute Gasteiger partial charge is 0.236 e. The van der Waals surface area contributed by atoms with Gasteiger partial charge in [-0.3, -0.25) is 0 Å². The standard InChI is InChI=1S/C22H24N6OS.HI/c1-2-23-22(25-15-18-16-29-21(27-18)20-5-3-14-30-20)24-12-10-17-6-8-19(9-7-17)28-13-4-11-26-28;/h3-9,11,13-14,16H,2,10,12,15H2,1H3,(H2,23,24,25);1H. The molecule has 0 atom stereocenters. The van der Waals surface area contributed by atoms with Crippen LogP contribution in [0.2, 0.25) is 0 Å². The zero-order chi connectivity index (χ0) is 20.6. The fourth-order valence-electron chi connectivity index (χ4n) is 2.96. The fourth-order valence-corrected chi connectivity index (χ4v) is 3.61. The van der Waals surface area contributed by atoms with Crippen LogP contribution in [0.5, 0.6) is 0 Å². The third-order valence-corrected chi connectivity index (χ3v) is 5.30. The van der Waals surface area contributed by atoms with Gasteiger partial charge in [-0.2, -0.15) is 5.10 Å². The average Bonchev–Trinajstić information content (AvgIpc) is 3.55. The maximum absolute atomic E-state index is 5.56. The summed E-state index contributed by atoms with van der Waals surface area (Å²) >= 11 is 1.61. The van der Waals surface area contributed by atoms with Crippen LogP contribution in [0.3, 0.4) is 0 Å². The highest BCUT2D eigenvalue weighted by Crippen LogP contribution is 2.23. The molecule has 0 aliphatic heterocycles. The lowest BCUT2D eigenvalue weighted by Crippen LogP contribution is -2.38. The van der Waals surface area contributed by atoms with E-state index in [0.29, 0.717) is 12.4 Å². The van der Waals surface area contributed by atoms with Gasteiger partial charge in [-0.05, 0) is 48.6 Å². The summed E-state index contributed by atoms with van der Waals surface area (Å²) in [5.74, 6) is 1.41. The van der Waals surface area contributed by atoms with E-state index >= 15 is 0 Å². The van der Waals surface area contributed by atoms with Crippen molar-refractivity contribution < 1.29 is 4.42 Å². The maximum atomic E-state index is 5.56. The molecule has 162 valence electrons. The molecule has 0 amide bonds. The predicted octanol–water partition coefficient (Wildman–Crippen LogP) is 4.50. The van der Waals surface area contributed by atoms with Crippen molar-refractivity contribution in [1.82, 2.24) is 25.4 Å². The lowest BCUT2D eigenvalue weighted by atomic mass is 10.1. The SMILES string of the molecule is CCNC(=NCc1coc(-c2cccs2)n1)NCCc1ccc(-n2cccn2)cc1.I. The Hall–Kier alpha value is -2.66. The number of aromatic nitrogens is 3. The number of aliphatic imine (C=N–C) groups is 1. The number of oxazole rings is 1. The first-order valence-electron chi connectivity index (χ1n) is 9.91. The molecule has 0 aliphatic rings. The molecule has 0 saturated heterocycles. The molecule has 0 saturated carbocycles. The number of thiophene rings is 1. The Morgan fingerprint density at radius 1 is 1.16 bits per heavy atom. The van der Waals surface area contributed by atoms with Gasteiger partial charge in [-0.25, -0.2) is 14.7 Å². The molecule has 3 aromatic heterocycles. The minimum absolute atomic E-state index is 0. The number of hydrogen-bond donors (Lipinski definition) is 2. The molecular weight excluding hydrogens is 523 g/mol. The molecule has 4 aromatic rings. The largest absolute Gasteiger partial charge is 0.443 e. The second-order valence-corrected chi connectivity index (χ2v) is 7.56. The Balaban J connectivity index is 0.00000272. The molecule has 0 bridgehead atoms. The van der Waals surface area contributed by atoms with E-state index in [1.165, 1.54) is 5.56 Å². The summed E-state index contributed by atoms with van der Waals surface area (Å²) in [5.41, 5.74) is 3.12. The predicted molar refractivity (Wildman–Crippen MR) is 135 cm³/mol. The van der Waals surface area contributed by atoms with E-state index in [0.717, 1.165) is 41.7 Å². The van der Waals surface area contributed by atoms with Crippen molar-refractivity contribution in [1.29, 1.82) is 0 Å². The summed E-state index contributed by atoms with van der Waals surface area (Å²) in [6.07, 6.45) is 6.29. The van der Waals surface area contributed by atoms with Gasteiger partial charge in [-0.1, -0.05) is 18.2 Å². The van der Waals surface area contributed by atoms with Crippen LogP contribution in [0.4, 0.5) is 0 Å². The average molecular weight is 548 g/mol. The van der Waals surface area contributed by atoms with E-state index in [9.17, 15) is 0 Å². The van der Waals surface area contributed by atoms with Crippen LogP contribution in [-0.4, -0.2) is 33.8 Å². The lowest BCUT2D eigenvalue weighted by Gasteiger charge is -2.11. The molecule has 1 aromatic carbocycles. The minimum atomic E-state index is 0. The summed E-state index contributed by atoms with van der Waals surface area (Å²) in [5, 5.41) is 12.9. The van der Waals surface area contributed by atoms with Crippen molar-refractivity contribution in [3.8, 4) is 16.5 Å². The molecule has 0 spiro atoms. The first-order valence-corrected chi connectivity index (χ1v) is 10.8. The van der Waals surface area contributed by atoms with Crippen LogP contribution >= 0.6 is 35.3 Å². The molecule has 0 fully saturated rings. The second kappa shape index (κ2) is 11.7. The Labute approximate surface area is 202 Å². The number of nitrogens with zero attached hydrogens (tertiary/aromatic N) is 4. The summed E-state index contributed by atoms with van der Waals surface area (Å²) < 4.78 is 7.41. The number of guanidine groups is 1. The highest BCUT2D eigenvalue weighted by atomic mass is 127. The van der Waals surface area contributed by atoms with Crippen molar-refractivity contribution in [3.63, 3.8) is 0 Å². The van der Waals surface area contributed by atoms with Crippen molar-refractivity contribution in [2.45, 2.75) is 19.9 Å². The van der Waals surface area contributed by atoms with Gasteiger partial charge in [-0.15, -0.1) is 35.3 Å². The first kappa shape index (κ1) is 23.0. The van der Waals surface area contributed by atoms with Gasteiger partial charge in [0.05, 0.1) is 17.1 Å². The number of nitrogens with one attached hydrogen (secondary N) is 2. The van der Waals surface area contributed by atoms with Crippen molar-refractivity contribution in [3.05, 3.63) is 77.8 Å². The molecule has 4 rings (SSSR count). The van der Waals surface area contributed by atoms with E-state index in [1.54, 1.807) is 23.8 Å². The summed E-state index contributed by atoms with van der Waals surface area (Å²) in [7, 11) is 0. The zero-order valence-corrected chi connectivity index (χ0v) is 20.3. The van der Waals surface area contributed by atoms with E-state index in [1.807, 2.05) is 34.5 Å². The molecule has 0 aliphatic carbocycles. The summed E-state index contributed by atoms with van der Waals surface area (Å²) in [6, 6.07) is 14.3. The monoisotopic (exact) mass is 548 g/mol. The normalized spacial score (nSPS) is 11.2. The minimum Gasteiger partial charge on any atom is -0.443 e. The van der Waals surface area contributed by atoms with Crippen LogP contribution in [0.1, 0.15) is 18.2 Å². The van der Waals surface area contributed by atoms with E-state index in [4.69, 9.17) is 4.42 Å². The van der Waals surface area contributed by atoms with Crippen LogP contribution in [-0.2, 0) is 13.0 Å². The van der Waals surface area contributed by atoms with Gasteiger partial charge in [0.25, 0.3) is 0 Å². The molecular formula is C22H25IN6OS. The van der Waals surface area contributed by atoms with Gasteiger partial charge >= 0.3 is 0 Å². The van der Waals surface area contributed by atoms with Crippen LogP contribution in [0.15, 0.2) is 75.9 Å². The number of hydrogen-bond acceptors (Lipinski definition) is 5. The van der Waals surface area contributed by atoms with Gasteiger partial charge in [0.15, 0.2) is 5.96 Å². The molecule has 0 unspecified atom stereocenters. The van der Waals surface area contributed by atoms with Gasteiger partial charge in [0.1, 0.15) is 12.0 Å². The van der Waals surface area contributed by atoms with Crippen LogP contribution in [0, 0.1) is 0 Å². The van der Waals surface area contributed by atoms with Gasteiger partial charge < -0.3 is 15.1 Å². The Morgan fingerprint density at radius 3 is 2.74 bits per heavy atom. The molecule has 3 heterocycles. The highest BCUT2D eigenvalue weighted by Gasteiger charge is 2.07. The Morgan fingerprint density at radius 2 is 2.03 bits per heavy atom. The van der Waals surface area contributed by atoms with Crippen LogP contribution < -0.4 is 10.6 Å². The highest BCUT2D eigenvalue weighted by molar-refractivity contribution is 14.0. The van der Waals surface area contributed by atoms with E-state index in [-0.39, 0.29) is 24.0 Å². The molecule has 7 nitrogen and oxygen atoms in total. The topological polar surface area (TPSA) is 80.3 Å². The molecule has 2 N–H and O–H groups in total. The maximum Gasteiger partial charge on any atom is 0.236 e. The Bertz CT molecular complexity index is 1060. The molecule has 31 heavy (non-hydrogen) atoms. The van der Waals surface area contributed by atoms with Gasteiger partial charge in [0, 0.05) is 25.5 Å². The summed E-state index contributed by atoms with van der Waals surface area (Å²) in [4.78, 5) is 10.2. The number of rotatable bonds is 8. The van der Waals surface area contributed by atoms with Crippen molar-refractivity contribution in [2.24, 2.45) is 4.99 Å². The quantitative estimate of drug-likeness (QED) is 0.193. The Kier molecular flexibility index (Phi) is 8.65. The number of halogens is 1. The third-order valence-electron chi connectivity index (χ3n) is 4.44. The lowest BCUT2D eigenvalue weighted by molar-refractivity contribution is 0.574. The third kappa shape index (κ3) is 6.41. The van der Waals surface area contributed by atoms with Gasteiger partial charge in [0.2, 0.25) is 5.89 Å². The number of benzene rings is 1. The van der Waals surface area contributed by atoms with Crippen LogP contribution in [0.25, 0.3) is 16.5 Å². The van der Waals surface area contributed by atoms with E-state index < -0.39 is 0 Å². The van der Waals surface area contributed by atoms with Crippen molar-refractivity contribution >= 4 is 41.3 Å².